The second-order valence-electron chi connectivity index (χ2n) is 6.41. The third-order valence-corrected chi connectivity index (χ3v) is 3.28. The summed E-state index contributed by atoms with van der Waals surface area (Å²) in [5.74, 6) is -2.85. The van der Waals surface area contributed by atoms with E-state index in [9.17, 15) is 19.2 Å². The van der Waals surface area contributed by atoms with Crippen LogP contribution in [0, 0.1) is 5.92 Å². The van der Waals surface area contributed by atoms with Gasteiger partial charge in [-0.05, 0) is 40.5 Å². The van der Waals surface area contributed by atoms with Gasteiger partial charge in [0.25, 0.3) is 0 Å². The van der Waals surface area contributed by atoms with Gasteiger partial charge in [0.05, 0.1) is 6.61 Å². The first kappa shape index (κ1) is 19.7. The molecule has 0 atom stereocenters. The number of likely N-dealkylation sites (tertiary alicyclic amines) is 1. The molecule has 0 radical (unpaired) electrons. The highest BCUT2D eigenvalue weighted by molar-refractivity contribution is 6.32. The number of hydrazine groups is 1. The Labute approximate surface area is 141 Å². The van der Waals surface area contributed by atoms with Crippen molar-refractivity contribution in [3.05, 3.63) is 0 Å². The highest BCUT2D eigenvalue weighted by Gasteiger charge is 2.30. The Balaban J connectivity index is 2.36. The third-order valence-electron chi connectivity index (χ3n) is 3.28. The fourth-order valence-electron chi connectivity index (χ4n) is 2.12. The Morgan fingerprint density at radius 3 is 2.17 bits per heavy atom. The number of hydrogen-bond acceptors (Lipinski definition) is 6. The van der Waals surface area contributed by atoms with Crippen molar-refractivity contribution < 1.29 is 28.7 Å². The molecule has 1 aliphatic heterocycles. The molecule has 24 heavy (non-hydrogen) atoms. The summed E-state index contributed by atoms with van der Waals surface area (Å²) in [6, 6.07) is 0. The fraction of sp³-hybridized carbons (Fsp3) is 0.733. The number of esters is 1. The summed E-state index contributed by atoms with van der Waals surface area (Å²) < 4.78 is 9.78. The van der Waals surface area contributed by atoms with Crippen molar-refractivity contribution >= 4 is 23.9 Å². The predicted octanol–water partition coefficient (Wildman–Crippen LogP) is 0.344. The minimum Gasteiger partial charge on any atom is -0.459 e. The molecule has 1 aliphatic rings. The van der Waals surface area contributed by atoms with Gasteiger partial charge in [-0.1, -0.05) is 0 Å². The summed E-state index contributed by atoms with van der Waals surface area (Å²) >= 11 is 0. The number of nitrogens with one attached hydrogen (secondary N) is 2. The van der Waals surface area contributed by atoms with Gasteiger partial charge < -0.3 is 14.4 Å². The van der Waals surface area contributed by atoms with Crippen LogP contribution in [-0.4, -0.2) is 54.1 Å². The molecule has 0 aliphatic carbocycles. The Hall–Kier alpha value is -2.32. The second-order valence-corrected chi connectivity index (χ2v) is 6.41. The molecule has 0 aromatic heterocycles. The maximum Gasteiger partial charge on any atom is 0.410 e. The van der Waals surface area contributed by atoms with Crippen LogP contribution in [0.3, 0.4) is 0 Å². The summed E-state index contributed by atoms with van der Waals surface area (Å²) in [5, 5.41) is 0. The molecular weight excluding hydrogens is 318 g/mol. The van der Waals surface area contributed by atoms with Crippen molar-refractivity contribution in [2.75, 3.05) is 19.7 Å². The van der Waals surface area contributed by atoms with E-state index >= 15 is 0 Å². The molecule has 1 saturated heterocycles. The second kappa shape index (κ2) is 8.51. The highest BCUT2D eigenvalue weighted by atomic mass is 16.6. The summed E-state index contributed by atoms with van der Waals surface area (Å²) in [6.45, 7) is 7.79. The number of piperidine rings is 1. The van der Waals surface area contributed by atoms with Crippen LogP contribution in [0.1, 0.15) is 40.5 Å². The van der Waals surface area contributed by atoms with E-state index in [1.807, 2.05) is 5.43 Å². The minimum atomic E-state index is -1.06. The molecule has 136 valence electrons. The molecule has 3 amide bonds. The average Bonchev–Trinajstić information content (AvgIpc) is 2.51. The van der Waals surface area contributed by atoms with Crippen LogP contribution in [0.4, 0.5) is 4.79 Å². The first-order valence-corrected chi connectivity index (χ1v) is 7.89. The van der Waals surface area contributed by atoms with E-state index in [1.165, 1.54) is 0 Å². The average molecular weight is 343 g/mol. The van der Waals surface area contributed by atoms with E-state index < -0.39 is 29.5 Å². The first-order chi connectivity index (χ1) is 11.1. The van der Waals surface area contributed by atoms with Gasteiger partial charge >= 0.3 is 18.0 Å². The third kappa shape index (κ3) is 6.43. The van der Waals surface area contributed by atoms with Gasteiger partial charge in [-0.25, -0.2) is 9.59 Å². The summed E-state index contributed by atoms with van der Waals surface area (Å²) in [5.41, 5.74) is 3.64. The standard InChI is InChI=1S/C15H25N3O6/c1-5-23-13(21)12(20)17-16-11(19)10-6-8-18(9-7-10)14(22)24-15(2,3)4/h10H,5-9H2,1-4H3,(H,16,19)(H,17,20). The van der Waals surface area contributed by atoms with Gasteiger partial charge in [0.1, 0.15) is 5.60 Å². The summed E-state index contributed by atoms with van der Waals surface area (Å²) in [7, 11) is 0. The number of nitrogens with zero attached hydrogens (tertiary/aromatic N) is 1. The largest absolute Gasteiger partial charge is 0.459 e. The van der Waals surface area contributed by atoms with Crippen LogP contribution in [-0.2, 0) is 23.9 Å². The van der Waals surface area contributed by atoms with E-state index in [2.05, 4.69) is 10.2 Å². The van der Waals surface area contributed by atoms with E-state index in [4.69, 9.17) is 4.74 Å². The Bertz CT molecular complexity index is 492. The molecule has 0 unspecified atom stereocenters. The molecule has 0 spiro atoms. The molecule has 0 aromatic rings. The van der Waals surface area contributed by atoms with Crippen LogP contribution in [0.25, 0.3) is 0 Å². The van der Waals surface area contributed by atoms with Crippen LogP contribution in [0.2, 0.25) is 0 Å². The van der Waals surface area contributed by atoms with Crippen molar-refractivity contribution in [1.29, 1.82) is 0 Å². The van der Waals surface area contributed by atoms with Gasteiger partial charge in [-0.2, -0.15) is 0 Å². The highest BCUT2D eigenvalue weighted by Crippen LogP contribution is 2.19. The summed E-state index contributed by atoms with van der Waals surface area (Å²) in [6.07, 6.45) is 0.484. The molecule has 9 heteroatoms. The van der Waals surface area contributed by atoms with Crippen LogP contribution < -0.4 is 10.9 Å². The number of ether oxygens (including phenoxy) is 2. The molecule has 1 heterocycles. The Morgan fingerprint density at radius 2 is 1.67 bits per heavy atom. The van der Waals surface area contributed by atoms with Crippen LogP contribution in [0.5, 0.6) is 0 Å². The zero-order valence-corrected chi connectivity index (χ0v) is 14.5. The SMILES string of the molecule is CCOC(=O)C(=O)NNC(=O)C1CCN(C(=O)OC(C)(C)C)CC1. The molecule has 1 fully saturated rings. The van der Waals surface area contributed by atoms with Crippen molar-refractivity contribution in [3.8, 4) is 0 Å². The van der Waals surface area contributed by atoms with E-state index in [0.717, 1.165) is 0 Å². The van der Waals surface area contributed by atoms with E-state index in [0.29, 0.717) is 25.9 Å². The lowest BCUT2D eigenvalue weighted by Gasteiger charge is -2.32. The van der Waals surface area contributed by atoms with Gasteiger partial charge in [0.15, 0.2) is 0 Å². The molecule has 0 aromatic carbocycles. The number of carbonyl (C=O) groups excluding carboxylic acids is 4. The number of rotatable bonds is 2. The predicted molar refractivity (Wildman–Crippen MR) is 83.4 cm³/mol. The lowest BCUT2D eigenvalue weighted by Crippen LogP contribution is -2.50. The lowest BCUT2D eigenvalue weighted by molar-refractivity contribution is -0.155. The van der Waals surface area contributed by atoms with E-state index in [-0.39, 0.29) is 12.5 Å². The molecule has 0 saturated carbocycles. The fourth-order valence-corrected chi connectivity index (χ4v) is 2.12. The molecule has 2 N–H and O–H groups in total. The van der Waals surface area contributed by atoms with Crippen molar-refractivity contribution in [2.24, 2.45) is 5.92 Å². The molecular formula is C15H25N3O6. The van der Waals surface area contributed by atoms with Gasteiger partial charge in [-0.3, -0.25) is 20.4 Å². The Morgan fingerprint density at radius 1 is 1.08 bits per heavy atom. The lowest BCUT2D eigenvalue weighted by atomic mass is 9.96. The molecule has 9 nitrogen and oxygen atoms in total. The van der Waals surface area contributed by atoms with Crippen molar-refractivity contribution in [1.82, 2.24) is 15.8 Å². The molecule has 1 rings (SSSR count). The van der Waals surface area contributed by atoms with Crippen molar-refractivity contribution in [3.63, 3.8) is 0 Å². The maximum atomic E-state index is 12.0. The topological polar surface area (TPSA) is 114 Å². The Kier molecular flexibility index (Phi) is 6.99. The number of amides is 3. The zero-order chi connectivity index (χ0) is 18.3. The minimum absolute atomic E-state index is 0.0727. The zero-order valence-electron chi connectivity index (χ0n) is 14.5. The van der Waals surface area contributed by atoms with E-state index in [1.54, 1.807) is 32.6 Å². The summed E-state index contributed by atoms with van der Waals surface area (Å²) in [4.78, 5) is 47.9. The monoisotopic (exact) mass is 343 g/mol. The van der Waals surface area contributed by atoms with Gasteiger partial charge in [0, 0.05) is 19.0 Å². The first-order valence-electron chi connectivity index (χ1n) is 7.89. The smallest absolute Gasteiger partial charge is 0.410 e. The molecule has 0 bridgehead atoms. The number of hydrogen-bond donors (Lipinski definition) is 2. The van der Waals surface area contributed by atoms with Gasteiger partial charge in [-0.15, -0.1) is 0 Å². The normalized spacial score (nSPS) is 15.4. The number of carbonyl (C=O) groups is 4. The maximum absolute atomic E-state index is 12.0. The van der Waals surface area contributed by atoms with Crippen molar-refractivity contribution in [2.45, 2.75) is 46.1 Å². The van der Waals surface area contributed by atoms with Gasteiger partial charge in [0.2, 0.25) is 5.91 Å². The van der Waals surface area contributed by atoms with Crippen LogP contribution >= 0.6 is 0 Å². The van der Waals surface area contributed by atoms with Crippen LogP contribution in [0.15, 0.2) is 0 Å². The quantitative estimate of drug-likeness (QED) is 0.425.